The van der Waals surface area contributed by atoms with Gasteiger partial charge in [-0.15, -0.1) is 0 Å². The second-order valence-electron chi connectivity index (χ2n) is 6.43. The van der Waals surface area contributed by atoms with E-state index in [9.17, 15) is 29.7 Å². The van der Waals surface area contributed by atoms with Crippen LogP contribution in [0.2, 0.25) is 0 Å². The zero-order chi connectivity index (χ0) is 22.7. The molecule has 0 aliphatic rings. The molecule has 2 radical (unpaired) electrons. The summed E-state index contributed by atoms with van der Waals surface area (Å²) in [6.45, 7) is 5.34. The molecule has 0 aliphatic heterocycles. The molecule has 0 atom stereocenters. The van der Waals surface area contributed by atoms with Crippen LogP contribution >= 0.6 is 0 Å². The molecule has 0 aliphatic carbocycles. The van der Waals surface area contributed by atoms with Crippen LogP contribution in [0.5, 0.6) is 17.2 Å². The van der Waals surface area contributed by atoms with Crippen molar-refractivity contribution in [2.75, 3.05) is 0 Å². The summed E-state index contributed by atoms with van der Waals surface area (Å²) in [6, 6.07) is 17.7. The normalized spacial score (nSPS) is 9.00. The van der Waals surface area contributed by atoms with E-state index in [2.05, 4.69) is 0 Å². The van der Waals surface area contributed by atoms with E-state index in [1.165, 1.54) is 36.4 Å². The minimum absolute atomic E-state index is 0. The standard InChI is InChI=1S/3C8H8O2.Bi/c3*1-6-3-2-4-7(9)8(10)5-6;/h3*2-5H,1H3,(H,9,10);/q;;;+3/p-3. The van der Waals surface area contributed by atoms with Crippen LogP contribution in [0.1, 0.15) is 16.7 Å². The molecule has 0 aromatic heterocycles. The van der Waals surface area contributed by atoms with Crippen molar-refractivity contribution in [2.45, 2.75) is 20.8 Å². The van der Waals surface area contributed by atoms with Gasteiger partial charge in [0.05, 0.1) is 0 Å². The summed E-state index contributed by atoms with van der Waals surface area (Å²) >= 11 is 0. The van der Waals surface area contributed by atoms with Crippen LogP contribution in [0.3, 0.4) is 0 Å². The molecular formula is C24H21BiO6. The Bertz CT molecular complexity index is 1030. The Kier molecular flexibility index (Phi) is 12.7. The molecule has 3 rings (SSSR count). The van der Waals surface area contributed by atoms with Crippen molar-refractivity contribution in [2.24, 2.45) is 0 Å². The van der Waals surface area contributed by atoms with Gasteiger partial charge in [0.25, 0.3) is 0 Å². The summed E-state index contributed by atoms with van der Waals surface area (Å²) in [5.41, 5.74) is 1.11. The molecule has 0 saturated heterocycles. The third-order valence-electron chi connectivity index (χ3n) is 3.62. The smallest absolute Gasteiger partial charge is 0.870 e. The van der Waals surface area contributed by atoms with Crippen molar-refractivity contribution in [1.82, 2.24) is 0 Å². The van der Waals surface area contributed by atoms with Crippen LogP contribution in [0.15, 0.2) is 87.2 Å². The molecule has 0 unspecified atom stereocenters. The molecule has 3 aromatic carbocycles. The summed E-state index contributed by atoms with van der Waals surface area (Å²) < 4.78 is 0. The topological polar surface area (TPSA) is 120 Å². The fraction of sp³-hybridized carbons (Fsp3) is 0.125. The SMILES string of the molecule is Cc1cccc([O-])c(=O)c1.Cc1cccc([O-])c(=O)c1.Cc1cccc([O-])c(=O)c1.[Bi+3]. The van der Waals surface area contributed by atoms with E-state index in [1.807, 2.05) is 0 Å². The average Bonchev–Trinajstić information content (AvgIpc) is 2.98. The van der Waals surface area contributed by atoms with Gasteiger partial charge in [-0.2, -0.15) is 0 Å². The molecule has 6 nitrogen and oxygen atoms in total. The van der Waals surface area contributed by atoms with E-state index in [1.54, 1.807) is 57.2 Å². The molecule has 7 heteroatoms. The van der Waals surface area contributed by atoms with Crippen LogP contribution in [0.4, 0.5) is 0 Å². The quantitative estimate of drug-likeness (QED) is 0.348. The van der Waals surface area contributed by atoms with E-state index < -0.39 is 33.5 Å². The van der Waals surface area contributed by atoms with E-state index in [-0.39, 0.29) is 26.2 Å². The second kappa shape index (κ2) is 14.0. The van der Waals surface area contributed by atoms with E-state index >= 15 is 0 Å². The van der Waals surface area contributed by atoms with E-state index in [0.29, 0.717) is 0 Å². The van der Waals surface area contributed by atoms with Crippen molar-refractivity contribution in [3.05, 3.63) is 120 Å². The fourth-order valence-electron chi connectivity index (χ4n) is 2.09. The third-order valence-corrected chi connectivity index (χ3v) is 3.62. The molecule has 158 valence electrons. The molecule has 0 saturated carbocycles. The summed E-state index contributed by atoms with van der Waals surface area (Å²) in [4.78, 5) is 32.2. The van der Waals surface area contributed by atoms with Gasteiger partial charge >= 0.3 is 26.2 Å². The second-order valence-corrected chi connectivity index (χ2v) is 6.43. The van der Waals surface area contributed by atoms with Crippen LogP contribution in [0, 0.1) is 20.8 Å². The predicted octanol–water partition coefficient (Wildman–Crippen LogP) is 0.906. The van der Waals surface area contributed by atoms with Crippen LogP contribution < -0.4 is 31.6 Å². The van der Waals surface area contributed by atoms with Gasteiger partial charge in [-0.1, -0.05) is 71.8 Å². The molecule has 0 bridgehead atoms. The number of aryl methyl sites for hydroxylation is 3. The first-order valence-corrected chi connectivity index (χ1v) is 8.94. The van der Waals surface area contributed by atoms with Gasteiger partial charge in [-0.3, -0.25) is 14.4 Å². The van der Waals surface area contributed by atoms with Crippen molar-refractivity contribution < 1.29 is 15.3 Å². The Hall–Kier alpha value is -3.05. The Morgan fingerprint density at radius 1 is 0.484 bits per heavy atom. The van der Waals surface area contributed by atoms with Crippen molar-refractivity contribution in [1.29, 1.82) is 0 Å². The summed E-state index contributed by atoms with van der Waals surface area (Å²) in [6.07, 6.45) is 0. The first-order valence-electron chi connectivity index (χ1n) is 8.94. The van der Waals surface area contributed by atoms with Crippen molar-refractivity contribution >= 4 is 26.2 Å². The summed E-state index contributed by atoms with van der Waals surface area (Å²) in [5, 5.41) is 32.0. The monoisotopic (exact) mass is 614 g/mol. The van der Waals surface area contributed by atoms with Gasteiger partial charge in [0.1, 0.15) is 0 Å². The van der Waals surface area contributed by atoms with Gasteiger partial charge in [0.2, 0.25) is 0 Å². The largest absolute Gasteiger partial charge is 3.00 e. The maximum absolute atomic E-state index is 10.7. The van der Waals surface area contributed by atoms with Crippen LogP contribution in [0.25, 0.3) is 0 Å². The zero-order valence-corrected chi connectivity index (χ0v) is 20.8. The van der Waals surface area contributed by atoms with Crippen LogP contribution in [-0.2, 0) is 0 Å². The minimum atomic E-state index is -0.451. The number of hydrogen-bond donors (Lipinski definition) is 0. The molecule has 0 fully saturated rings. The fourth-order valence-corrected chi connectivity index (χ4v) is 2.09. The zero-order valence-electron chi connectivity index (χ0n) is 17.3. The Morgan fingerprint density at radius 2 is 0.710 bits per heavy atom. The first kappa shape index (κ1) is 28.0. The summed E-state index contributed by atoms with van der Waals surface area (Å²) in [7, 11) is 0. The summed E-state index contributed by atoms with van der Waals surface area (Å²) in [5.74, 6) is -1.35. The Morgan fingerprint density at radius 3 is 0.935 bits per heavy atom. The van der Waals surface area contributed by atoms with Crippen molar-refractivity contribution in [3.8, 4) is 17.2 Å². The average molecular weight is 614 g/mol. The molecule has 0 heterocycles. The Labute approximate surface area is 199 Å². The molecule has 0 N–H and O–H groups in total. The third kappa shape index (κ3) is 11.1. The Balaban J connectivity index is 0.000000429. The molecular weight excluding hydrogens is 593 g/mol. The molecule has 3 aromatic rings. The van der Waals surface area contributed by atoms with E-state index in [0.717, 1.165) is 16.7 Å². The van der Waals surface area contributed by atoms with E-state index in [4.69, 9.17) is 0 Å². The molecule has 0 spiro atoms. The van der Waals surface area contributed by atoms with Gasteiger partial charge in [0.15, 0.2) is 16.3 Å². The number of rotatable bonds is 0. The minimum Gasteiger partial charge on any atom is -0.870 e. The maximum atomic E-state index is 10.7. The molecule has 0 amide bonds. The van der Waals surface area contributed by atoms with Crippen LogP contribution in [-0.4, -0.2) is 26.2 Å². The number of hydrogen-bond acceptors (Lipinski definition) is 6. The molecule has 31 heavy (non-hydrogen) atoms. The van der Waals surface area contributed by atoms with Gasteiger partial charge < -0.3 is 15.3 Å². The first-order chi connectivity index (χ1) is 14.1. The van der Waals surface area contributed by atoms with Crippen molar-refractivity contribution in [3.63, 3.8) is 0 Å². The van der Waals surface area contributed by atoms with Gasteiger partial charge in [-0.05, 0) is 55.7 Å². The predicted molar refractivity (Wildman–Crippen MR) is 116 cm³/mol. The van der Waals surface area contributed by atoms with Gasteiger partial charge in [-0.25, -0.2) is 0 Å². The van der Waals surface area contributed by atoms with Gasteiger partial charge in [0, 0.05) is 0 Å². The maximum Gasteiger partial charge on any atom is 3.00 e.